The van der Waals surface area contributed by atoms with E-state index in [1.54, 1.807) is 12.1 Å². The maximum Gasteiger partial charge on any atom is 0.413 e. The molecule has 1 aliphatic carbocycles. The molecule has 2 nitrogen and oxygen atoms in total. The first kappa shape index (κ1) is 13.3. The van der Waals surface area contributed by atoms with Crippen molar-refractivity contribution in [2.24, 2.45) is 0 Å². The normalized spacial score (nSPS) is 23.8. The number of hydrogen-bond acceptors (Lipinski definition) is 2. The quantitative estimate of drug-likeness (QED) is 0.665. The van der Waals surface area contributed by atoms with Gasteiger partial charge in [-0.05, 0) is 36.5 Å². The van der Waals surface area contributed by atoms with Gasteiger partial charge in [0.25, 0.3) is 0 Å². The number of rotatable bonds is 4. The van der Waals surface area contributed by atoms with E-state index in [0.717, 1.165) is 5.56 Å². The molecule has 6 heteroatoms. The second kappa shape index (κ2) is 5.24. The molecule has 1 N–H and O–H groups in total. The molecule has 100 valence electrons. The first-order chi connectivity index (χ1) is 8.44. The standard InChI is InChI=1S/C12H13F4NO/c13-10-3-1-8(2-4-10)9-5-11(6-9)17-18-7-12(14,15)16/h1-4,9,11,17H,5-7H2. The van der Waals surface area contributed by atoms with Gasteiger partial charge in [-0.25, -0.2) is 4.39 Å². The van der Waals surface area contributed by atoms with Crippen LogP contribution in [0.4, 0.5) is 17.6 Å². The fourth-order valence-corrected chi connectivity index (χ4v) is 1.96. The Hall–Kier alpha value is -1.14. The highest BCUT2D eigenvalue weighted by molar-refractivity contribution is 5.23. The van der Waals surface area contributed by atoms with Crippen LogP contribution in [0.15, 0.2) is 24.3 Å². The summed E-state index contributed by atoms with van der Waals surface area (Å²) >= 11 is 0. The molecule has 0 spiro atoms. The van der Waals surface area contributed by atoms with E-state index < -0.39 is 12.8 Å². The molecule has 1 aliphatic rings. The molecule has 1 fully saturated rings. The van der Waals surface area contributed by atoms with Crippen molar-refractivity contribution in [2.75, 3.05) is 6.61 Å². The Morgan fingerprint density at radius 2 is 1.78 bits per heavy atom. The molecule has 0 bridgehead atoms. The highest BCUT2D eigenvalue weighted by Crippen LogP contribution is 2.36. The number of halogens is 4. The molecule has 18 heavy (non-hydrogen) atoms. The molecule has 0 radical (unpaired) electrons. The van der Waals surface area contributed by atoms with Crippen LogP contribution in [0.5, 0.6) is 0 Å². The molecule has 0 aromatic heterocycles. The molecule has 0 atom stereocenters. The van der Waals surface area contributed by atoms with Crippen LogP contribution in [-0.4, -0.2) is 18.8 Å². The van der Waals surface area contributed by atoms with Crippen LogP contribution in [-0.2, 0) is 4.84 Å². The van der Waals surface area contributed by atoms with Gasteiger partial charge >= 0.3 is 6.18 Å². The highest BCUT2D eigenvalue weighted by atomic mass is 19.4. The van der Waals surface area contributed by atoms with Gasteiger partial charge in [0.05, 0.1) is 0 Å². The minimum atomic E-state index is -4.31. The third kappa shape index (κ3) is 3.68. The van der Waals surface area contributed by atoms with Gasteiger partial charge in [0, 0.05) is 6.04 Å². The highest BCUT2D eigenvalue weighted by Gasteiger charge is 2.32. The van der Waals surface area contributed by atoms with Crippen LogP contribution in [0.25, 0.3) is 0 Å². The van der Waals surface area contributed by atoms with Crippen LogP contribution >= 0.6 is 0 Å². The van der Waals surface area contributed by atoms with Crippen molar-refractivity contribution >= 4 is 0 Å². The van der Waals surface area contributed by atoms with Gasteiger partial charge < -0.3 is 0 Å². The third-order valence-corrected chi connectivity index (χ3v) is 2.97. The van der Waals surface area contributed by atoms with Crippen molar-refractivity contribution in [3.05, 3.63) is 35.6 Å². The second-order valence-electron chi connectivity index (χ2n) is 4.44. The lowest BCUT2D eigenvalue weighted by atomic mass is 9.76. The van der Waals surface area contributed by atoms with E-state index in [0.29, 0.717) is 12.8 Å². The van der Waals surface area contributed by atoms with E-state index in [4.69, 9.17) is 0 Å². The summed E-state index contributed by atoms with van der Waals surface area (Å²) in [6.45, 7) is -1.29. The summed E-state index contributed by atoms with van der Waals surface area (Å²) in [4.78, 5) is 4.37. The van der Waals surface area contributed by atoms with E-state index in [9.17, 15) is 17.6 Å². The SMILES string of the molecule is Fc1ccc(C2CC(NOCC(F)(F)F)C2)cc1. The van der Waals surface area contributed by atoms with Crippen LogP contribution in [0.1, 0.15) is 24.3 Å². The minimum Gasteiger partial charge on any atom is -0.292 e. The maximum absolute atomic E-state index is 12.7. The van der Waals surface area contributed by atoms with E-state index in [2.05, 4.69) is 10.3 Å². The van der Waals surface area contributed by atoms with Crippen molar-refractivity contribution in [3.63, 3.8) is 0 Å². The van der Waals surface area contributed by atoms with Crippen molar-refractivity contribution in [1.29, 1.82) is 0 Å². The van der Waals surface area contributed by atoms with Gasteiger partial charge in [0.15, 0.2) is 6.61 Å². The summed E-state index contributed by atoms with van der Waals surface area (Å²) < 4.78 is 48.1. The Kier molecular flexibility index (Phi) is 3.87. The topological polar surface area (TPSA) is 21.3 Å². The number of nitrogens with one attached hydrogen (secondary N) is 1. The molecule has 0 heterocycles. The monoisotopic (exact) mass is 263 g/mol. The van der Waals surface area contributed by atoms with E-state index in [-0.39, 0.29) is 17.8 Å². The Balaban J connectivity index is 1.69. The number of benzene rings is 1. The van der Waals surface area contributed by atoms with Gasteiger partial charge in [-0.3, -0.25) is 4.84 Å². The number of hydroxylamine groups is 1. The lowest BCUT2D eigenvalue weighted by molar-refractivity contribution is -0.195. The Morgan fingerprint density at radius 3 is 2.33 bits per heavy atom. The Labute approximate surface area is 102 Å². The minimum absolute atomic E-state index is 0.0672. The molecule has 0 aliphatic heterocycles. The molecule has 0 amide bonds. The fourth-order valence-electron chi connectivity index (χ4n) is 1.96. The van der Waals surface area contributed by atoms with Gasteiger partial charge in [0.1, 0.15) is 5.82 Å². The van der Waals surface area contributed by atoms with Crippen molar-refractivity contribution < 1.29 is 22.4 Å². The number of hydrogen-bond donors (Lipinski definition) is 1. The lowest BCUT2D eigenvalue weighted by Gasteiger charge is -2.35. The second-order valence-corrected chi connectivity index (χ2v) is 4.44. The van der Waals surface area contributed by atoms with Gasteiger partial charge in [-0.1, -0.05) is 12.1 Å². The molecule has 1 aromatic carbocycles. The average Bonchev–Trinajstić information content (AvgIpc) is 2.22. The third-order valence-electron chi connectivity index (χ3n) is 2.97. The summed E-state index contributed by atoms with van der Waals surface area (Å²) in [5.41, 5.74) is 3.40. The Morgan fingerprint density at radius 1 is 1.17 bits per heavy atom. The molecular formula is C12H13F4NO. The van der Waals surface area contributed by atoms with Crippen LogP contribution in [0.3, 0.4) is 0 Å². The summed E-state index contributed by atoms with van der Waals surface area (Å²) in [7, 11) is 0. The molecular weight excluding hydrogens is 250 g/mol. The van der Waals surface area contributed by atoms with Crippen molar-refractivity contribution in [1.82, 2.24) is 5.48 Å². The Bertz CT molecular complexity index is 384. The summed E-state index contributed by atoms with van der Waals surface area (Å²) in [6.07, 6.45) is -2.92. The molecule has 1 aromatic rings. The van der Waals surface area contributed by atoms with E-state index in [1.807, 2.05) is 0 Å². The zero-order chi connectivity index (χ0) is 13.2. The first-order valence-corrected chi connectivity index (χ1v) is 5.63. The molecule has 1 saturated carbocycles. The summed E-state index contributed by atoms with van der Waals surface area (Å²) in [5.74, 6) is -0.0288. The maximum atomic E-state index is 12.7. The largest absolute Gasteiger partial charge is 0.413 e. The van der Waals surface area contributed by atoms with E-state index in [1.165, 1.54) is 12.1 Å². The predicted octanol–water partition coefficient (Wildman–Crippen LogP) is 3.16. The zero-order valence-corrected chi connectivity index (χ0v) is 9.51. The molecule has 0 unspecified atom stereocenters. The zero-order valence-electron chi connectivity index (χ0n) is 9.51. The van der Waals surface area contributed by atoms with Crippen LogP contribution < -0.4 is 5.48 Å². The van der Waals surface area contributed by atoms with E-state index >= 15 is 0 Å². The smallest absolute Gasteiger partial charge is 0.292 e. The average molecular weight is 263 g/mol. The van der Waals surface area contributed by atoms with Crippen LogP contribution in [0.2, 0.25) is 0 Å². The lowest BCUT2D eigenvalue weighted by Crippen LogP contribution is -2.41. The van der Waals surface area contributed by atoms with Crippen molar-refractivity contribution in [2.45, 2.75) is 31.0 Å². The van der Waals surface area contributed by atoms with Crippen molar-refractivity contribution in [3.8, 4) is 0 Å². The first-order valence-electron chi connectivity index (χ1n) is 5.63. The van der Waals surface area contributed by atoms with Gasteiger partial charge in [-0.15, -0.1) is 0 Å². The predicted molar refractivity (Wildman–Crippen MR) is 57.3 cm³/mol. The summed E-state index contributed by atoms with van der Waals surface area (Å²) in [6, 6.07) is 6.11. The van der Waals surface area contributed by atoms with Gasteiger partial charge in [-0.2, -0.15) is 18.7 Å². The molecule has 2 rings (SSSR count). The summed E-state index contributed by atoms with van der Waals surface area (Å²) in [5, 5.41) is 0. The fraction of sp³-hybridized carbons (Fsp3) is 0.500. The van der Waals surface area contributed by atoms with Crippen LogP contribution in [0, 0.1) is 5.82 Å². The van der Waals surface area contributed by atoms with Gasteiger partial charge in [0.2, 0.25) is 0 Å². The number of alkyl halides is 3. The molecule has 0 saturated heterocycles.